The van der Waals surface area contributed by atoms with Crippen LogP contribution >= 0.6 is 11.6 Å². The summed E-state index contributed by atoms with van der Waals surface area (Å²) in [6, 6.07) is 5.63. The molecule has 2 N–H and O–H groups in total. The van der Waals surface area contributed by atoms with E-state index in [1.807, 2.05) is 0 Å². The number of rotatable bonds is 5. The molecule has 4 heteroatoms. The van der Waals surface area contributed by atoms with Crippen molar-refractivity contribution in [3.05, 3.63) is 28.8 Å². The summed E-state index contributed by atoms with van der Waals surface area (Å²) in [6.45, 7) is 1.45. The number of aromatic hydroxyl groups is 1. The number of aliphatic hydroxyl groups excluding tert-OH is 1. The second kappa shape index (κ2) is 5.04. The Morgan fingerprint density at radius 2 is 2.12 bits per heavy atom. The Morgan fingerprint density at radius 3 is 2.75 bits per heavy atom. The van der Waals surface area contributed by atoms with Crippen molar-refractivity contribution in [3.8, 4) is 5.75 Å². The molecule has 0 radical (unpaired) electrons. The summed E-state index contributed by atoms with van der Waals surface area (Å²) in [4.78, 5) is 2.19. The van der Waals surface area contributed by atoms with E-state index in [0.717, 1.165) is 5.56 Å². The molecule has 0 atom stereocenters. The predicted molar refractivity (Wildman–Crippen MR) is 63.6 cm³/mol. The van der Waals surface area contributed by atoms with Crippen LogP contribution in [-0.2, 0) is 6.54 Å². The van der Waals surface area contributed by atoms with Crippen molar-refractivity contribution in [2.75, 3.05) is 13.2 Å². The van der Waals surface area contributed by atoms with Gasteiger partial charge in [0.1, 0.15) is 5.75 Å². The fraction of sp³-hybridized carbons (Fsp3) is 0.500. The Balaban J connectivity index is 2.08. The molecule has 0 bridgehead atoms. The van der Waals surface area contributed by atoms with Crippen LogP contribution in [0.5, 0.6) is 5.75 Å². The highest BCUT2D eigenvalue weighted by Crippen LogP contribution is 2.30. The zero-order valence-corrected chi connectivity index (χ0v) is 9.82. The third-order valence-corrected chi connectivity index (χ3v) is 3.10. The second-order valence-corrected chi connectivity index (χ2v) is 4.63. The molecule has 3 nitrogen and oxygen atoms in total. The quantitative estimate of drug-likeness (QED) is 0.829. The molecule has 1 aromatic carbocycles. The van der Waals surface area contributed by atoms with Crippen LogP contribution in [0.25, 0.3) is 0 Å². The fourth-order valence-corrected chi connectivity index (χ4v) is 2.05. The molecule has 0 aromatic heterocycles. The van der Waals surface area contributed by atoms with Gasteiger partial charge in [0.2, 0.25) is 0 Å². The molecule has 2 rings (SSSR count). The van der Waals surface area contributed by atoms with Crippen LogP contribution in [0.2, 0.25) is 5.02 Å². The first-order valence-corrected chi connectivity index (χ1v) is 5.91. The molecule has 1 aliphatic rings. The average Bonchev–Trinajstić information content (AvgIpc) is 3.06. The van der Waals surface area contributed by atoms with E-state index in [1.165, 1.54) is 12.8 Å². The van der Waals surface area contributed by atoms with Crippen molar-refractivity contribution >= 4 is 11.6 Å². The third-order valence-electron chi connectivity index (χ3n) is 2.87. The maximum Gasteiger partial charge on any atom is 0.120 e. The van der Waals surface area contributed by atoms with Gasteiger partial charge in [-0.1, -0.05) is 11.6 Å². The number of halogens is 1. The Hall–Kier alpha value is -0.770. The van der Waals surface area contributed by atoms with Gasteiger partial charge in [0.25, 0.3) is 0 Å². The molecule has 1 aliphatic carbocycles. The molecule has 1 aromatic rings. The number of nitrogens with zero attached hydrogens (tertiary/aromatic N) is 1. The van der Waals surface area contributed by atoms with Crippen LogP contribution in [0.1, 0.15) is 18.4 Å². The molecule has 88 valence electrons. The lowest BCUT2D eigenvalue weighted by molar-refractivity contribution is 0.182. The van der Waals surface area contributed by atoms with Crippen molar-refractivity contribution in [3.63, 3.8) is 0 Å². The van der Waals surface area contributed by atoms with E-state index in [9.17, 15) is 5.11 Å². The van der Waals surface area contributed by atoms with Crippen molar-refractivity contribution in [1.29, 1.82) is 0 Å². The SMILES string of the molecule is OCCN(Cc1cc(Cl)ccc1O)C1CC1. The van der Waals surface area contributed by atoms with Gasteiger partial charge >= 0.3 is 0 Å². The van der Waals surface area contributed by atoms with E-state index >= 15 is 0 Å². The van der Waals surface area contributed by atoms with Gasteiger partial charge in [0, 0.05) is 29.7 Å². The van der Waals surface area contributed by atoms with E-state index in [1.54, 1.807) is 18.2 Å². The molecule has 1 fully saturated rings. The summed E-state index contributed by atoms with van der Waals surface area (Å²) in [5.74, 6) is 0.271. The number of benzene rings is 1. The van der Waals surface area contributed by atoms with Crippen molar-refractivity contribution in [2.45, 2.75) is 25.4 Å². The van der Waals surface area contributed by atoms with Gasteiger partial charge in [-0.3, -0.25) is 4.90 Å². The van der Waals surface area contributed by atoms with Crippen LogP contribution in [-0.4, -0.2) is 34.3 Å². The second-order valence-electron chi connectivity index (χ2n) is 4.20. The number of aliphatic hydroxyl groups is 1. The van der Waals surface area contributed by atoms with Gasteiger partial charge in [0.15, 0.2) is 0 Å². The number of phenolic OH excluding ortho intramolecular Hbond substituents is 1. The molecule has 1 saturated carbocycles. The average molecular weight is 242 g/mol. The summed E-state index contributed by atoms with van der Waals surface area (Å²) in [6.07, 6.45) is 2.36. The highest BCUT2D eigenvalue weighted by Gasteiger charge is 2.28. The predicted octanol–water partition coefficient (Wildman–Crippen LogP) is 2.00. The van der Waals surface area contributed by atoms with Crippen molar-refractivity contribution in [2.24, 2.45) is 0 Å². The number of hydrogen-bond donors (Lipinski definition) is 2. The molecule has 0 heterocycles. The molecule has 16 heavy (non-hydrogen) atoms. The lowest BCUT2D eigenvalue weighted by atomic mass is 10.2. The molecular formula is C12H16ClNO2. The monoisotopic (exact) mass is 241 g/mol. The molecule has 0 saturated heterocycles. The summed E-state index contributed by atoms with van der Waals surface area (Å²) in [5, 5.41) is 19.3. The minimum atomic E-state index is 0.151. The lowest BCUT2D eigenvalue weighted by Crippen LogP contribution is -2.28. The highest BCUT2D eigenvalue weighted by atomic mass is 35.5. The Kier molecular flexibility index (Phi) is 3.69. The topological polar surface area (TPSA) is 43.7 Å². The van der Waals surface area contributed by atoms with E-state index in [4.69, 9.17) is 16.7 Å². The van der Waals surface area contributed by atoms with Gasteiger partial charge < -0.3 is 10.2 Å². The van der Waals surface area contributed by atoms with Crippen LogP contribution in [0.3, 0.4) is 0 Å². The maximum absolute atomic E-state index is 9.71. The zero-order chi connectivity index (χ0) is 11.5. The first kappa shape index (κ1) is 11.7. The highest BCUT2D eigenvalue weighted by molar-refractivity contribution is 6.30. The van der Waals surface area contributed by atoms with Crippen molar-refractivity contribution in [1.82, 2.24) is 4.90 Å². The van der Waals surface area contributed by atoms with Gasteiger partial charge in [-0.15, -0.1) is 0 Å². The van der Waals surface area contributed by atoms with E-state index in [0.29, 0.717) is 24.2 Å². The number of phenols is 1. The standard InChI is InChI=1S/C12H16ClNO2/c13-10-1-4-12(16)9(7-10)8-14(5-6-15)11-2-3-11/h1,4,7,11,15-16H,2-3,5-6,8H2. The van der Waals surface area contributed by atoms with E-state index < -0.39 is 0 Å². The summed E-state index contributed by atoms with van der Waals surface area (Å²) in [7, 11) is 0. The smallest absolute Gasteiger partial charge is 0.120 e. The summed E-state index contributed by atoms with van der Waals surface area (Å²) < 4.78 is 0. The molecule has 0 amide bonds. The Bertz CT molecular complexity index is 366. The molecular weight excluding hydrogens is 226 g/mol. The van der Waals surface area contributed by atoms with Gasteiger partial charge in [0.05, 0.1) is 6.61 Å². The minimum Gasteiger partial charge on any atom is -0.508 e. The third kappa shape index (κ3) is 2.88. The van der Waals surface area contributed by atoms with Crippen LogP contribution in [0.15, 0.2) is 18.2 Å². The first-order chi connectivity index (χ1) is 7.70. The molecule has 0 aliphatic heterocycles. The lowest BCUT2D eigenvalue weighted by Gasteiger charge is -2.21. The van der Waals surface area contributed by atoms with Crippen molar-refractivity contribution < 1.29 is 10.2 Å². The van der Waals surface area contributed by atoms with Crippen LogP contribution in [0, 0.1) is 0 Å². The molecule has 0 unspecified atom stereocenters. The molecule has 0 spiro atoms. The largest absolute Gasteiger partial charge is 0.508 e. The Morgan fingerprint density at radius 1 is 1.38 bits per heavy atom. The minimum absolute atomic E-state index is 0.151. The first-order valence-electron chi connectivity index (χ1n) is 5.53. The summed E-state index contributed by atoms with van der Waals surface area (Å²) in [5.41, 5.74) is 0.827. The zero-order valence-electron chi connectivity index (χ0n) is 9.06. The fourth-order valence-electron chi connectivity index (χ4n) is 1.86. The number of hydrogen-bond acceptors (Lipinski definition) is 3. The maximum atomic E-state index is 9.71. The van der Waals surface area contributed by atoms with E-state index in [-0.39, 0.29) is 12.4 Å². The van der Waals surface area contributed by atoms with Crippen LogP contribution in [0.4, 0.5) is 0 Å². The van der Waals surface area contributed by atoms with Gasteiger partial charge in [-0.2, -0.15) is 0 Å². The normalized spacial score (nSPS) is 15.7. The van der Waals surface area contributed by atoms with Gasteiger partial charge in [-0.05, 0) is 31.0 Å². The summed E-state index contributed by atoms with van der Waals surface area (Å²) >= 11 is 5.89. The van der Waals surface area contributed by atoms with E-state index in [2.05, 4.69) is 4.90 Å². The van der Waals surface area contributed by atoms with Crippen LogP contribution < -0.4 is 0 Å². The van der Waals surface area contributed by atoms with Gasteiger partial charge in [-0.25, -0.2) is 0 Å². The Labute approximate surface area is 100 Å².